The van der Waals surface area contributed by atoms with E-state index in [0.29, 0.717) is 19.6 Å². The molecule has 0 spiro atoms. The van der Waals surface area contributed by atoms with Gasteiger partial charge in [-0.15, -0.1) is 6.58 Å². The molecule has 0 unspecified atom stereocenters. The SMILES string of the molecule is C=CC[C@@]12O[C@@H](c3ccccc3)O[C@@H]([C@@H](OCc3ccccc3)[C@H](OCOC)/C=C\[C@@H]1OCc1ccccc1)C2(C)C. The van der Waals surface area contributed by atoms with Crippen molar-refractivity contribution in [2.45, 2.75) is 69.8 Å². The molecular weight excluding hydrogens is 528 g/mol. The van der Waals surface area contributed by atoms with E-state index in [0.717, 1.165) is 16.7 Å². The van der Waals surface area contributed by atoms with E-state index in [-0.39, 0.29) is 6.79 Å². The van der Waals surface area contributed by atoms with Crippen LogP contribution in [-0.2, 0) is 41.6 Å². The predicted molar refractivity (Wildman–Crippen MR) is 162 cm³/mol. The van der Waals surface area contributed by atoms with Crippen LogP contribution >= 0.6 is 0 Å². The summed E-state index contributed by atoms with van der Waals surface area (Å²) in [6.07, 6.45) is 4.09. The minimum Gasteiger partial charge on any atom is -0.368 e. The molecule has 1 aliphatic heterocycles. The Hall–Kier alpha value is -3.10. The van der Waals surface area contributed by atoms with Crippen LogP contribution in [0.15, 0.2) is 116 Å². The molecule has 42 heavy (non-hydrogen) atoms. The highest BCUT2D eigenvalue weighted by atomic mass is 16.7. The number of hydrogen-bond donors (Lipinski definition) is 0. The molecule has 0 saturated carbocycles. The van der Waals surface area contributed by atoms with E-state index < -0.39 is 41.7 Å². The van der Waals surface area contributed by atoms with Gasteiger partial charge in [-0.05, 0) is 17.5 Å². The van der Waals surface area contributed by atoms with Crippen molar-refractivity contribution in [1.82, 2.24) is 0 Å². The van der Waals surface area contributed by atoms with Crippen LogP contribution in [-0.4, -0.2) is 43.9 Å². The van der Waals surface area contributed by atoms with Crippen LogP contribution in [0.3, 0.4) is 0 Å². The summed E-state index contributed by atoms with van der Waals surface area (Å²) in [5.41, 5.74) is 1.64. The zero-order valence-corrected chi connectivity index (χ0v) is 24.8. The van der Waals surface area contributed by atoms with Crippen molar-refractivity contribution in [2.24, 2.45) is 5.41 Å². The maximum atomic E-state index is 7.06. The number of rotatable bonds is 12. The van der Waals surface area contributed by atoms with Gasteiger partial charge in [-0.1, -0.05) is 123 Å². The van der Waals surface area contributed by atoms with E-state index in [9.17, 15) is 0 Å². The quantitative estimate of drug-likeness (QED) is 0.170. The first-order chi connectivity index (χ1) is 20.5. The number of benzene rings is 3. The average molecular weight is 571 g/mol. The topological polar surface area (TPSA) is 55.4 Å². The first kappa shape index (κ1) is 30.4. The summed E-state index contributed by atoms with van der Waals surface area (Å²) in [5.74, 6) is 0. The molecule has 0 N–H and O–H groups in total. The second kappa shape index (κ2) is 13.9. The lowest BCUT2D eigenvalue weighted by Gasteiger charge is -2.60. The van der Waals surface area contributed by atoms with Gasteiger partial charge in [0, 0.05) is 18.1 Å². The Morgan fingerprint density at radius 1 is 0.786 bits per heavy atom. The van der Waals surface area contributed by atoms with E-state index in [1.807, 2.05) is 78.9 Å². The van der Waals surface area contributed by atoms with Gasteiger partial charge in [0.15, 0.2) is 6.29 Å². The van der Waals surface area contributed by atoms with Gasteiger partial charge in [0.25, 0.3) is 0 Å². The van der Waals surface area contributed by atoms with Gasteiger partial charge in [0.2, 0.25) is 0 Å². The summed E-state index contributed by atoms with van der Waals surface area (Å²) in [6, 6.07) is 30.4. The summed E-state index contributed by atoms with van der Waals surface area (Å²) in [4.78, 5) is 0. The van der Waals surface area contributed by atoms with Crippen LogP contribution in [0.1, 0.15) is 43.2 Å². The van der Waals surface area contributed by atoms with Gasteiger partial charge >= 0.3 is 0 Å². The van der Waals surface area contributed by atoms with Gasteiger partial charge in [0.1, 0.15) is 30.7 Å². The van der Waals surface area contributed by atoms with Crippen LogP contribution in [0, 0.1) is 5.41 Å². The summed E-state index contributed by atoms with van der Waals surface area (Å²) < 4.78 is 39.0. The molecule has 0 radical (unpaired) electrons. The van der Waals surface area contributed by atoms with Crippen LogP contribution in [0.25, 0.3) is 0 Å². The monoisotopic (exact) mass is 570 g/mol. The van der Waals surface area contributed by atoms with E-state index in [1.54, 1.807) is 7.11 Å². The van der Waals surface area contributed by atoms with E-state index in [2.05, 4.69) is 50.8 Å². The molecule has 0 amide bonds. The number of hydrogen-bond acceptors (Lipinski definition) is 6. The lowest BCUT2D eigenvalue weighted by atomic mass is 9.62. The summed E-state index contributed by atoms with van der Waals surface area (Å²) >= 11 is 0. The lowest BCUT2D eigenvalue weighted by Crippen LogP contribution is -2.69. The predicted octanol–water partition coefficient (Wildman–Crippen LogP) is 7.17. The van der Waals surface area contributed by atoms with Crippen LogP contribution < -0.4 is 0 Å². The van der Waals surface area contributed by atoms with Crippen molar-refractivity contribution in [3.63, 3.8) is 0 Å². The fourth-order valence-electron chi connectivity index (χ4n) is 6.08. The normalized spacial score (nSPS) is 29.3. The molecule has 1 aliphatic carbocycles. The first-order valence-corrected chi connectivity index (χ1v) is 14.6. The second-order valence-corrected chi connectivity index (χ2v) is 11.4. The number of fused-ring (bicyclic) bond motifs is 2. The Morgan fingerprint density at radius 2 is 1.38 bits per heavy atom. The summed E-state index contributed by atoms with van der Waals surface area (Å²) in [5, 5.41) is 0. The van der Waals surface area contributed by atoms with Crippen molar-refractivity contribution in [2.75, 3.05) is 13.9 Å². The maximum absolute atomic E-state index is 7.06. The van der Waals surface area contributed by atoms with Crippen molar-refractivity contribution < 1.29 is 28.4 Å². The Bertz CT molecular complexity index is 1280. The van der Waals surface area contributed by atoms with E-state index >= 15 is 0 Å². The molecule has 1 saturated heterocycles. The second-order valence-electron chi connectivity index (χ2n) is 11.4. The first-order valence-electron chi connectivity index (χ1n) is 14.6. The van der Waals surface area contributed by atoms with Crippen molar-refractivity contribution in [3.05, 3.63) is 132 Å². The molecule has 0 aromatic heterocycles. The van der Waals surface area contributed by atoms with Gasteiger partial charge in [-0.3, -0.25) is 0 Å². The van der Waals surface area contributed by atoms with Crippen molar-refractivity contribution >= 4 is 0 Å². The van der Waals surface area contributed by atoms with E-state index in [4.69, 9.17) is 28.4 Å². The highest BCUT2D eigenvalue weighted by Crippen LogP contribution is 2.55. The molecular formula is C36H42O6. The zero-order chi connectivity index (χ0) is 29.4. The Labute approximate surface area is 249 Å². The molecule has 2 bridgehead atoms. The Morgan fingerprint density at radius 3 is 1.98 bits per heavy atom. The third kappa shape index (κ3) is 6.45. The minimum absolute atomic E-state index is 0.110. The zero-order valence-electron chi connectivity index (χ0n) is 24.8. The minimum atomic E-state index is -0.829. The molecule has 3 aromatic rings. The van der Waals surface area contributed by atoms with Gasteiger partial charge in [-0.25, -0.2) is 0 Å². The Balaban J connectivity index is 1.60. The molecule has 222 valence electrons. The Kier molecular flexibility index (Phi) is 10.1. The van der Waals surface area contributed by atoms with Crippen molar-refractivity contribution in [3.8, 4) is 0 Å². The molecule has 1 heterocycles. The number of methoxy groups -OCH3 is 1. The van der Waals surface area contributed by atoms with Gasteiger partial charge in [0.05, 0.1) is 19.3 Å². The molecule has 3 aromatic carbocycles. The van der Waals surface area contributed by atoms with Crippen molar-refractivity contribution in [1.29, 1.82) is 0 Å². The van der Waals surface area contributed by atoms with Crippen LogP contribution in [0.2, 0.25) is 0 Å². The average Bonchev–Trinajstić information content (AvgIpc) is 3.02. The van der Waals surface area contributed by atoms with Gasteiger partial charge < -0.3 is 28.4 Å². The number of ether oxygens (including phenoxy) is 6. The van der Waals surface area contributed by atoms with E-state index in [1.165, 1.54) is 0 Å². The largest absolute Gasteiger partial charge is 0.368 e. The molecule has 6 atom stereocenters. The van der Waals surface area contributed by atoms with Crippen LogP contribution in [0.4, 0.5) is 0 Å². The fraction of sp³-hybridized carbons (Fsp3) is 0.389. The molecule has 1 fully saturated rings. The highest BCUT2D eigenvalue weighted by molar-refractivity contribution is 5.24. The fourth-order valence-corrected chi connectivity index (χ4v) is 6.08. The summed E-state index contributed by atoms with van der Waals surface area (Å²) in [6.45, 7) is 9.43. The highest BCUT2D eigenvalue weighted by Gasteiger charge is 2.63. The van der Waals surface area contributed by atoms with Crippen LogP contribution in [0.5, 0.6) is 0 Å². The molecule has 6 nitrogen and oxygen atoms in total. The van der Waals surface area contributed by atoms with Gasteiger partial charge in [-0.2, -0.15) is 0 Å². The molecule has 6 heteroatoms. The third-order valence-corrected chi connectivity index (χ3v) is 8.40. The standard InChI is InChI=1S/C36H42O6/c1-5-23-36-31(38-24-27-15-9-6-10-16-27)22-21-30(40-26-37-4)32(39-25-28-17-11-7-12-18-28)33(35(36,2)3)41-34(42-36)29-19-13-8-14-20-29/h5-22,30-34H,1,23-26H2,2-4H3/b22-21-/t30-,31+,32+,33+,34+,36-/m1/s1. The molecule has 5 rings (SSSR count). The lowest BCUT2D eigenvalue weighted by molar-refractivity contribution is -0.379. The smallest absolute Gasteiger partial charge is 0.185 e. The summed E-state index contributed by atoms with van der Waals surface area (Å²) in [7, 11) is 1.62. The maximum Gasteiger partial charge on any atom is 0.185 e. The third-order valence-electron chi connectivity index (χ3n) is 8.40. The molecule has 2 aliphatic rings.